The Labute approximate surface area is 164 Å². The van der Waals surface area contributed by atoms with Crippen LogP contribution in [0.1, 0.15) is 6.42 Å². The summed E-state index contributed by atoms with van der Waals surface area (Å²) in [5.74, 6) is 0.242. The van der Waals surface area contributed by atoms with Crippen LogP contribution in [0.4, 0.5) is 5.69 Å². The van der Waals surface area contributed by atoms with E-state index in [1.807, 2.05) is 0 Å². The molecule has 9 heteroatoms. The largest absolute Gasteiger partial charge is 0.497 e. The van der Waals surface area contributed by atoms with E-state index >= 15 is 0 Å². The third-order valence-electron chi connectivity index (χ3n) is 4.22. The molecule has 2 heterocycles. The fourth-order valence-electron chi connectivity index (χ4n) is 2.90. The molecule has 3 rings (SSSR count). The first-order chi connectivity index (χ1) is 13.5. The van der Waals surface area contributed by atoms with Crippen molar-refractivity contribution in [1.29, 1.82) is 0 Å². The van der Waals surface area contributed by atoms with Crippen LogP contribution in [0.3, 0.4) is 0 Å². The molecule has 0 aliphatic heterocycles. The monoisotopic (exact) mass is 403 g/mol. The molecule has 28 heavy (non-hydrogen) atoms. The van der Waals surface area contributed by atoms with E-state index in [9.17, 15) is 14.4 Å². The Bertz CT molecular complexity index is 1100. The van der Waals surface area contributed by atoms with Crippen LogP contribution in [-0.2, 0) is 22.6 Å². The van der Waals surface area contributed by atoms with E-state index < -0.39 is 5.69 Å². The Hall–Kier alpha value is -2.91. The standard InChI is InChI=1S/C19H21N3O5S/c1-26-9-4-8-21-18(24)17-15(7-10-28-17)22(19(21)25)12-16(23)20-13-5-3-6-14(11-13)27-2/h3,5-7,10-11H,4,8-9,12H2,1-2H3,(H,20,23). The number of hydrogen-bond acceptors (Lipinski definition) is 6. The third-order valence-corrected chi connectivity index (χ3v) is 5.11. The molecule has 0 saturated heterocycles. The summed E-state index contributed by atoms with van der Waals surface area (Å²) in [6.45, 7) is 0.468. The van der Waals surface area contributed by atoms with Gasteiger partial charge in [0.05, 0.1) is 12.6 Å². The highest BCUT2D eigenvalue weighted by atomic mass is 32.1. The maximum atomic E-state index is 12.9. The normalized spacial score (nSPS) is 10.9. The minimum atomic E-state index is -0.507. The number of fused-ring (bicyclic) bond motifs is 1. The Morgan fingerprint density at radius 2 is 2.00 bits per heavy atom. The zero-order chi connectivity index (χ0) is 20.1. The summed E-state index contributed by atoms with van der Waals surface area (Å²) in [5.41, 5.74) is 0.180. The van der Waals surface area contributed by atoms with Crippen LogP contribution in [0.2, 0.25) is 0 Å². The van der Waals surface area contributed by atoms with Crippen LogP contribution in [0.5, 0.6) is 5.75 Å². The number of carbonyl (C=O) groups excluding carboxylic acids is 1. The molecule has 0 aliphatic carbocycles. The minimum Gasteiger partial charge on any atom is -0.497 e. The molecule has 3 aromatic rings. The van der Waals surface area contributed by atoms with Gasteiger partial charge in [0.2, 0.25) is 5.91 Å². The summed E-state index contributed by atoms with van der Waals surface area (Å²) in [6.07, 6.45) is 0.526. The Morgan fingerprint density at radius 1 is 1.18 bits per heavy atom. The lowest BCUT2D eigenvalue weighted by Crippen LogP contribution is -2.41. The first-order valence-electron chi connectivity index (χ1n) is 8.69. The average Bonchev–Trinajstić information content (AvgIpc) is 3.18. The van der Waals surface area contributed by atoms with Gasteiger partial charge < -0.3 is 14.8 Å². The smallest absolute Gasteiger partial charge is 0.332 e. The van der Waals surface area contributed by atoms with Crippen LogP contribution in [-0.4, -0.2) is 35.9 Å². The van der Waals surface area contributed by atoms with Gasteiger partial charge in [-0.1, -0.05) is 6.07 Å². The van der Waals surface area contributed by atoms with Crippen LogP contribution in [0, 0.1) is 0 Å². The van der Waals surface area contributed by atoms with Crippen LogP contribution >= 0.6 is 11.3 Å². The zero-order valence-electron chi connectivity index (χ0n) is 15.6. The van der Waals surface area contributed by atoms with E-state index in [1.165, 1.54) is 15.9 Å². The fraction of sp³-hybridized carbons (Fsp3) is 0.316. The molecule has 0 saturated carbocycles. The highest BCUT2D eigenvalue weighted by Crippen LogP contribution is 2.18. The molecule has 0 bridgehead atoms. The number of carbonyl (C=O) groups is 1. The second kappa shape index (κ2) is 8.85. The quantitative estimate of drug-likeness (QED) is 0.580. The Morgan fingerprint density at radius 3 is 2.75 bits per heavy atom. The molecule has 0 radical (unpaired) electrons. The van der Waals surface area contributed by atoms with Crippen LogP contribution in [0.25, 0.3) is 10.2 Å². The molecule has 8 nitrogen and oxygen atoms in total. The number of anilines is 1. The van der Waals surface area contributed by atoms with Gasteiger partial charge in [0.1, 0.15) is 17.0 Å². The van der Waals surface area contributed by atoms with Gasteiger partial charge in [-0.2, -0.15) is 0 Å². The number of nitrogens with zero attached hydrogens (tertiary/aromatic N) is 2. The Kier molecular flexibility index (Phi) is 6.27. The number of rotatable bonds is 8. The number of hydrogen-bond donors (Lipinski definition) is 1. The lowest BCUT2D eigenvalue weighted by atomic mass is 10.3. The lowest BCUT2D eigenvalue weighted by Gasteiger charge is -2.12. The van der Waals surface area contributed by atoms with Crippen molar-refractivity contribution in [2.45, 2.75) is 19.5 Å². The molecule has 1 aromatic carbocycles. The number of amides is 1. The van der Waals surface area contributed by atoms with Crippen LogP contribution in [0.15, 0.2) is 45.3 Å². The predicted octanol–water partition coefficient (Wildman–Crippen LogP) is 1.91. The summed E-state index contributed by atoms with van der Waals surface area (Å²) >= 11 is 1.25. The summed E-state index contributed by atoms with van der Waals surface area (Å²) in [6, 6.07) is 8.63. The molecule has 0 fully saturated rings. The predicted molar refractivity (Wildman–Crippen MR) is 108 cm³/mol. The topological polar surface area (TPSA) is 91.6 Å². The summed E-state index contributed by atoms with van der Waals surface area (Å²) < 4.78 is 13.1. The van der Waals surface area contributed by atoms with Gasteiger partial charge in [-0.15, -0.1) is 11.3 Å². The van der Waals surface area contributed by atoms with Gasteiger partial charge in [0, 0.05) is 32.0 Å². The van der Waals surface area contributed by atoms with Gasteiger partial charge in [0.15, 0.2) is 0 Å². The number of nitrogens with one attached hydrogen (secondary N) is 1. The van der Waals surface area contributed by atoms with Gasteiger partial charge in [-0.05, 0) is 30.0 Å². The fourth-order valence-corrected chi connectivity index (χ4v) is 3.74. The number of methoxy groups -OCH3 is 2. The van der Waals surface area contributed by atoms with E-state index in [4.69, 9.17) is 9.47 Å². The molecule has 0 spiro atoms. The number of benzene rings is 1. The Balaban J connectivity index is 1.91. The molecule has 0 unspecified atom stereocenters. The summed E-state index contributed by atoms with van der Waals surface area (Å²) in [4.78, 5) is 38.0. The van der Waals surface area contributed by atoms with Gasteiger partial charge in [-0.3, -0.25) is 18.7 Å². The van der Waals surface area contributed by atoms with Crippen molar-refractivity contribution >= 4 is 33.1 Å². The van der Waals surface area contributed by atoms with Crippen molar-refractivity contribution in [1.82, 2.24) is 9.13 Å². The molecule has 1 N–H and O–H groups in total. The maximum absolute atomic E-state index is 12.9. The van der Waals surface area contributed by atoms with E-state index in [2.05, 4.69) is 5.32 Å². The van der Waals surface area contributed by atoms with Gasteiger partial charge >= 0.3 is 5.69 Å². The van der Waals surface area contributed by atoms with E-state index in [1.54, 1.807) is 49.9 Å². The van der Waals surface area contributed by atoms with E-state index in [-0.39, 0.29) is 24.6 Å². The number of aromatic nitrogens is 2. The molecule has 0 atom stereocenters. The van der Waals surface area contributed by atoms with Crippen molar-refractivity contribution in [3.63, 3.8) is 0 Å². The first-order valence-corrected chi connectivity index (χ1v) is 9.56. The summed E-state index contributed by atoms with van der Waals surface area (Å²) in [5, 5.41) is 4.49. The molecule has 148 valence electrons. The third kappa shape index (κ3) is 4.15. The number of thiophene rings is 1. The average molecular weight is 403 g/mol. The second-order valence-corrected chi connectivity index (χ2v) is 7.00. The van der Waals surface area contributed by atoms with Crippen LogP contribution < -0.4 is 21.3 Å². The molecular formula is C19H21N3O5S. The van der Waals surface area contributed by atoms with Gasteiger partial charge in [-0.25, -0.2) is 4.79 Å². The van der Waals surface area contributed by atoms with Crippen molar-refractivity contribution in [2.24, 2.45) is 0 Å². The summed E-state index contributed by atoms with van der Waals surface area (Å²) in [7, 11) is 3.10. The van der Waals surface area contributed by atoms with Crippen molar-refractivity contribution < 1.29 is 14.3 Å². The molecule has 2 aromatic heterocycles. The number of ether oxygens (including phenoxy) is 2. The van der Waals surface area contributed by atoms with Crippen molar-refractivity contribution in [3.05, 3.63) is 56.5 Å². The molecule has 0 aliphatic rings. The van der Waals surface area contributed by atoms with Crippen molar-refractivity contribution in [3.8, 4) is 5.75 Å². The van der Waals surface area contributed by atoms with E-state index in [0.717, 1.165) is 4.57 Å². The molecular weight excluding hydrogens is 382 g/mol. The second-order valence-electron chi connectivity index (χ2n) is 6.09. The minimum absolute atomic E-state index is 0.201. The van der Waals surface area contributed by atoms with Crippen molar-refractivity contribution in [2.75, 3.05) is 26.1 Å². The lowest BCUT2D eigenvalue weighted by molar-refractivity contribution is -0.116. The van der Waals surface area contributed by atoms with Gasteiger partial charge in [0.25, 0.3) is 5.56 Å². The SMILES string of the molecule is COCCCn1c(=O)c2sccc2n(CC(=O)Nc2cccc(OC)c2)c1=O. The van der Waals surface area contributed by atoms with E-state index in [0.29, 0.717) is 34.7 Å². The zero-order valence-corrected chi connectivity index (χ0v) is 16.5. The molecule has 1 amide bonds. The highest BCUT2D eigenvalue weighted by molar-refractivity contribution is 7.17. The highest BCUT2D eigenvalue weighted by Gasteiger charge is 2.16. The maximum Gasteiger partial charge on any atom is 0.332 e. The first kappa shape index (κ1) is 19.8.